The van der Waals surface area contributed by atoms with Crippen LogP contribution in [0.1, 0.15) is 0 Å². The van der Waals surface area contributed by atoms with Crippen molar-refractivity contribution < 1.29 is 13.6 Å². The Morgan fingerprint density at radius 2 is 2.17 bits per heavy atom. The van der Waals surface area contributed by atoms with Crippen LogP contribution in [0, 0.1) is 11.6 Å². The maximum atomic E-state index is 13.6. The number of rotatable bonds is 3. The fourth-order valence-electron chi connectivity index (χ4n) is 2.18. The number of hydrazine groups is 1. The first-order valence-electron chi connectivity index (χ1n) is 6.89. The molecule has 3 rings (SSSR count). The lowest BCUT2D eigenvalue weighted by Crippen LogP contribution is -2.47. The Hall–Kier alpha value is -2.58. The topological polar surface area (TPSA) is 53.8 Å². The molecule has 2 aliphatic heterocycles. The molecule has 1 aromatic rings. The number of benzene rings is 1. The highest BCUT2D eigenvalue weighted by molar-refractivity contribution is 6.10. The molecule has 119 valence electrons. The number of fused-ring (bicyclic) bond motifs is 1. The number of nitrogens with zero attached hydrogens (tertiary/aromatic N) is 4. The van der Waals surface area contributed by atoms with Crippen LogP contribution in [-0.4, -0.2) is 42.5 Å². The van der Waals surface area contributed by atoms with E-state index in [9.17, 15) is 13.6 Å². The largest absolute Gasteiger partial charge is 0.318 e. The Balaban J connectivity index is 1.75. The molecule has 0 atom stereocenters. The summed E-state index contributed by atoms with van der Waals surface area (Å²) in [6.45, 7) is 0.507. The van der Waals surface area contributed by atoms with E-state index in [1.807, 2.05) is 30.3 Å². The second kappa shape index (κ2) is 5.90. The molecule has 2 heterocycles. The molecule has 23 heavy (non-hydrogen) atoms. The van der Waals surface area contributed by atoms with E-state index in [0.29, 0.717) is 12.5 Å². The number of halogens is 2. The predicted octanol–water partition coefficient (Wildman–Crippen LogP) is 1.56. The third-order valence-corrected chi connectivity index (χ3v) is 3.42. The fourth-order valence-corrected chi connectivity index (χ4v) is 2.18. The van der Waals surface area contributed by atoms with Gasteiger partial charge in [0.05, 0.1) is 5.69 Å². The summed E-state index contributed by atoms with van der Waals surface area (Å²) in [5.41, 5.74) is -0.0830. The zero-order chi connectivity index (χ0) is 16.6. The van der Waals surface area contributed by atoms with Crippen LogP contribution in [0.4, 0.5) is 14.5 Å². The normalized spacial score (nSPS) is 17.2. The van der Waals surface area contributed by atoms with E-state index in [1.165, 1.54) is 0 Å². The molecule has 1 radical (unpaired) electrons. The second-order valence-corrected chi connectivity index (χ2v) is 5.28. The number of carbonyl (C=O) groups excluding carboxylic acids is 1. The molecule has 0 unspecified atom stereocenters. The first kappa shape index (κ1) is 15.3. The van der Waals surface area contributed by atoms with Gasteiger partial charge in [0.15, 0.2) is 11.9 Å². The molecule has 0 fully saturated rings. The van der Waals surface area contributed by atoms with Gasteiger partial charge in [-0.2, -0.15) is 4.99 Å². The summed E-state index contributed by atoms with van der Waals surface area (Å²) in [4.78, 5) is 18.2. The quantitative estimate of drug-likeness (QED) is 0.860. The summed E-state index contributed by atoms with van der Waals surface area (Å²) in [6, 6.07) is 2.87. The molecule has 1 aromatic carbocycles. The van der Waals surface area contributed by atoms with E-state index in [0.717, 1.165) is 18.2 Å². The van der Waals surface area contributed by atoms with Gasteiger partial charge in [-0.05, 0) is 12.1 Å². The molecule has 2 aliphatic rings. The van der Waals surface area contributed by atoms with E-state index in [1.54, 1.807) is 17.2 Å². The Morgan fingerprint density at radius 3 is 2.91 bits per heavy atom. The van der Waals surface area contributed by atoms with Crippen LogP contribution in [0.2, 0.25) is 0 Å². The lowest BCUT2D eigenvalue weighted by atomic mass is 10.3. The summed E-state index contributed by atoms with van der Waals surface area (Å²) >= 11 is 0. The van der Waals surface area contributed by atoms with Crippen LogP contribution in [0.5, 0.6) is 0 Å². The average molecular weight is 319 g/mol. The summed E-state index contributed by atoms with van der Waals surface area (Å²) < 4.78 is 26.7. The zero-order valence-corrected chi connectivity index (χ0v) is 12.6. The molecule has 6 nitrogen and oxygen atoms in total. The molecule has 1 amide bonds. The SMILES string of the molecule is CN(C)N1C=CC2=NC(C(=O)Nc3cc(F)ccc3F)=C[N+]2C1. The average Bonchev–Trinajstić information content (AvgIpc) is 2.94. The van der Waals surface area contributed by atoms with Gasteiger partial charge < -0.3 is 5.32 Å². The molecule has 1 N–H and O–H groups in total. The van der Waals surface area contributed by atoms with Crippen molar-refractivity contribution in [3.63, 3.8) is 0 Å². The summed E-state index contributed by atoms with van der Waals surface area (Å²) in [6.07, 6.45) is 5.18. The minimum Gasteiger partial charge on any atom is -0.318 e. The number of amidine groups is 1. The Morgan fingerprint density at radius 1 is 1.39 bits per heavy atom. The molecule has 8 heteroatoms. The molecule has 0 aliphatic carbocycles. The first-order valence-corrected chi connectivity index (χ1v) is 6.89. The minimum absolute atomic E-state index is 0.133. The molecule has 0 saturated heterocycles. The lowest BCUT2D eigenvalue weighted by molar-refractivity contribution is -0.112. The van der Waals surface area contributed by atoms with Gasteiger partial charge in [0, 0.05) is 32.4 Å². The molecule has 0 spiro atoms. The first-order chi connectivity index (χ1) is 10.9. The van der Waals surface area contributed by atoms with Crippen molar-refractivity contribution in [1.82, 2.24) is 14.9 Å². The predicted molar refractivity (Wildman–Crippen MR) is 82.2 cm³/mol. The van der Waals surface area contributed by atoms with Gasteiger partial charge in [0.1, 0.15) is 11.6 Å². The second-order valence-electron chi connectivity index (χ2n) is 5.28. The Bertz CT molecular complexity index is 741. The van der Waals surface area contributed by atoms with Gasteiger partial charge in [-0.15, -0.1) is 0 Å². The van der Waals surface area contributed by atoms with Crippen molar-refractivity contribution in [2.75, 3.05) is 26.1 Å². The van der Waals surface area contributed by atoms with Gasteiger partial charge in [-0.1, -0.05) is 4.90 Å². The molecular formula is C15H15F2N5O+. The number of aliphatic imine (C=N–C) groups is 1. The van der Waals surface area contributed by atoms with E-state index < -0.39 is 17.5 Å². The third kappa shape index (κ3) is 3.13. The highest BCUT2D eigenvalue weighted by atomic mass is 19.1. The lowest BCUT2D eigenvalue weighted by Gasteiger charge is -2.27. The number of anilines is 1. The van der Waals surface area contributed by atoms with Crippen molar-refractivity contribution in [3.8, 4) is 0 Å². The van der Waals surface area contributed by atoms with Crippen LogP contribution in [0.25, 0.3) is 0 Å². The van der Waals surface area contributed by atoms with Crippen LogP contribution in [-0.2, 0) is 4.79 Å². The van der Waals surface area contributed by atoms with Gasteiger partial charge in [0.25, 0.3) is 11.7 Å². The Labute approximate surface area is 132 Å². The van der Waals surface area contributed by atoms with Crippen LogP contribution < -0.4 is 10.2 Å². The maximum Gasteiger partial charge on any atom is 0.285 e. The van der Waals surface area contributed by atoms with E-state index >= 15 is 0 Å². The van der Waals surface area contributed by atoms with E-state index in [2.05, 4.69) is 10.3 Å². The number of hydrogen-bond donors (Lipinski definition) is 1. The Kier molecular flexibility index (Phi) is 3.93. The van der Waals surface area contributed by atoms with Gasteiger partial charge in [0.2, 0.25) is 6.67 Å². The van der Waals surface area contributed by atoms with Crippen molar-refractivity contribution in [3.05, 3.63) is 54.0 Å². The molecule has 0 aromatic heterocycles. The zero-order valence-electron chi connectivity index (χ0n) is 12.6. The van der Waals surface area contributed by atoms with Crippen molar-refractivity contribution in [2.45, 2.75) is 0 Å². The van der Waals surface area contributed by atoms with E-state index in [-0.39, 0.29) is 11.4 Å². The smallest absolute Gasteiger partial charge is 0.285 e. The van der Waals surface area contributed by atoms with Crippen molar-refractivity contribution in [1.29, 1.82) is 0 Å². The van der Waals surface area contributed by atoms with Crippen molar-refractivity contribution >= 4 is 17.4 Å². The third-order valence-electron chi connectivity index (χ3n) is 3.42. The van der Waals surface area contributed by atoms with Crippen LogP contribution >= 0.6 is 0 Å². The number of hydrogen-bond acceptors (Lipinski definition) is 5. The molecular weight excluding hydrogens is 304 g/mol. The van der Waals surface area contributed by atoms with Gasteiger partial charge in [-0.25, -0.2) is 13.8 Å². The minimum atomic E-state index is -0.706. The number of carbonyl (C=O) groups is 1. The van der Waals surface area contributed by atoms with Crippen LogP contribution in [0.15, 0.2) is 47.4 Å². The van der Waals surface area contributed by atoms with E-state index in [4.69, 9.17) is 0 Å². The number of amides is 1. The molecule has 0 bridgehead atoms. The monoisotopic (exact) mass is 319 g/mol. The fraction of sp³-hybridized carbons (Fsp3) is 0.200. The van der Waals surface area contributed by atoms with Crippen LogP contribution in [0.3, 0.4) is 0 Å². The number of nitrogens with one attached hydrogen (secondary N) is 1. The highest BCUT2D eigenvalue weighted by Gasteiger charge is 2.35. The van der Waals surface area contributed by atoms with Crippen molar-refractivity contribution in [2.24, 2.45) is 4.99 Å². The standard InChI is InChI=1S/C15H15F2N5O/c1-20(2)22-6-5-14-18-13(8-21(14)9-22)15(23)19-12-7-10(16)3-4-11(12)17/h3-8H,9H2,1-2H3,(H,19,23)/q+1. The molecule has 0 saturated carbocycles. The highest BCUT2D eigenvalue weighted by Crippen LogP contribution is 2.19. The summed E-state index contributed by atoms with van der Waals surface area (Å²) in [7, 11) is 3.79. The summed E-state index contributed by atoms with van der Waals surface area (Å²) in [5.74, 6) is -1.31. The van der Waals surface area contributed by atoms with Gasteiger partial charge >= 0.3 is 0 Å². The summed E-state index contributed by atoms with van der Waals surface area (Å²) in [5, 5.41) is 6.14. The maximum absolute atomic E-state index is 13.6. The van der Waals surface area contributed by atoms with Gasteiger partial charge in [-0.3, -0.25) is 9.80 Å².